The number of hydrogen-bond donors (Lipinski definition) is 2. The predicted molar refractivity (Wildman–Crippen MR) is 128 cm³/mol. The van der Waals surface area contributed by atoms with Crippen molar-refractivity contribution < 1.29 is 5.11 Å². The van der Waals surface area contributed by atoms with Crippen LogP contribution in [-0.4, -0.2) is 20.7 Å². The van der Waals surface area contributed by atoms with Crippen molar-refractivity contribution in [1.82, 2.24) is 9.97 Å². The molecule has 0 radical (unpaired) electrons. The van der Waals surface area contributed by atoms with Crippen LogP contribution in [0.4, 0.5) is 0 Å². The summed E-state index contributed by atoms with van der Waals surface area (Å²) in [4.78, 5) is 9.16. The maximum Gasteiger partial charge on any atom is 0.149 e. The highest BCUT2D eigenvalue weighted by atomic mass is 16.3. The molecule has 0 atom stereocenters. The zero-order chi connectivity index (χ0) is 22.6. The second kappa shape index (κ2) is 7.21. The lowest BCUT2D eigenvalue weighted by Gasteiger charge is -2.52. The monoisotopic (exact) mass is 432 g/mol. The van der Waals surface area contributed by atoms with E-state index in [1.807, 2.05) is 42.5 Å². The molecule has 0 saturated heterocycles. The Labute approximate surface area is 192 Å². The highest BCUT2D eigenvalue weighted by Crippen LogP contribution is 2.57. The van der Waals surface area contributed by atoms with Gasteiger partial charge in [-0.25, -0.2) is 9.97 Å². The highest BCUT2D eigenvalue weighted by Gasteiger charge is 2.58. The van der Waals surface area contributed by atoms with E-state index in [9.17, 15) is 10.4 Å². The molecule has 0 aliphatic heterocycles. The number of hydrogen-bond acceptors (Lipinski definition) is 5. The minimum atomic E-state index is -0.583. The second-order valence-electron chi connectivity index (χ2n) is 9.55. The van der Waals surface area contributed by atoms with Gasteiger partial charge in [-0.1, -0.05) is 54.6 Å². The summed E-state index contributed by atoms with van der Waals surface area (Å²) in [5.74, 6) is 0.427. The van der Waals surface area contributed by atoms with Gasteiger partial charge in [-0.2, -0.15) is 5.26 Å². The van der Waals surface area contributed by atoms with Gasteiger partial charge in [0.15, 0.2) is 0 Å². The lowest BCUT2D eigenvalue weighted by molar-refractivity contribution is -0.106. The first-order valence-electron chi connectivity index (χ1n) is 11.4. The van der Waals surface area contributed by atoms with E-state index in [1.165, 1.54) is 0 Å². The van der Waals surface area contributed by atoms with Gasteiger partial charge in [0.1, 0.15) is 11.8 Å². The molecule has 5 nitrogen and oxygen atoms in total. The summed E-state index contributed by atoms with van der Waals surface area (Å²) >= 11 is 0. The van der Waals surface area contributed by atoms with Crippen LogP contribution in [0.2, 0.25) is 0 Å². The van der Waals surface area contributed by atoms with Crippen LogP contribution in [0.5, 0.6) is 0 Å². The zero-order valence-electron chi connectivity index (χ0n) is 18.2. The molecule has 6 rings (SSSR count). The zero-order valence-corrected chi connectivity index (χ0v) is 18.2. The third kappa shape index (κ3) is 3.31. The van der Waals surface area contributed by atoms with Gasteiger partial charge in [-0.05, 0) is 54.9 Å². The molecule has 33 heavy (non-hydrogen) atoms. The highest BCUT2D eigenvalue weighted by molar-refractivity contribution is 5.93. The molecule has 162 valence electrons. The van der Waals surface area contributed by atoms with Gasteiger partial charge in [-0.15, -0.1) is 0 Å². The van der Waals surface area contributed by atoms with E-state index in [4.69, 9.17) is 10.7 Å². The standard InChI is InChI=1S/C28H24N4O/c29-15-25-23-14-22(18-4-2-1-3-5-18)26(32-24(23)12-13-31-25)19-6-8-20(9-7-19)27(30)16-28(33,17-27)21-10-11-21/h1-9,12-14,21,33H,10-11,16-17,30H2/t27-,28-. The van der Waals surface area contributed by atoms with Gasteiger partial charge >= 0.3 is 0 Å². The molecule has 0 amide bonds. The molecule has 3 N–H and O–H groups in total. The van der Waals surface area contributed by atoms with Crippen molar-refractivity contribution in [3.63, 3.8) is 0 Å². The summed E-state index contributed by atoms with van der Waals surface area (Å²) in [5, 5.41) is 21.0. The fraction of sp³-hybridized carbons (Fsp3) is 0.250. The molecule has 5 heteroatoms. The molecule has 2 aromatic heterocycles. The smallest absolute Gasteiger partial charge is 0.149 e. The van der Waals surface area contributed by atoms with Crippen molar-refractivity contribution in [2.24, 2.45) is 11.7 Å². The van der Waals surface area contributed by atoms with Crippen LogP contribution in [-0.2, 0) is 5.54 Å². The van der Waals surface area contributed by atoms with Crippen molar-refractivity contribution in [3.8, 4) is 28.5 Å². The third-order valence-corrected chi connectivity index (χ3v) is 7.25. The topological polar surface area (TPSA) is 95.8 Å². The summed E-state index contributed by atoms with van der Waals surface area (Å²) in [6.45, 7) is 0. The number of nitrogens with two attached hydrogens (primary N) is 1. The van der Waals surface area contributed by atoms with Crippen molar-refractivity contribution >= 4 is 10.9 Å². The van der Waals surface area contributed by atoms with Gasteiger partial charge in [0.2, 0.25) is 0 Å². The van der Waals surface area contributed by atoms with E-state index in [2.05, 4.69) is 35.3 Å². The number of benzene rings is 2. The van der Waals surface area contributed by atoms with Crippen molar-refractivity contribution in [2.45, 2.75) is 36.8 Å². The summed E-state index contributed by atoms with van der Waals surface area (Å²) < 4.78 is 0. The van der Waals surface area contributed by atoms with Gasteiger partial charge in [-0.3, -0.25) is 0 Å². The third-order valence-electron chi connectivity index (χ3n) is 7.25. The van der Waals surface area contributed by atoms with E-state index in [0.29, 0.717) is 24.5 Å². The second-order valence-corrected chi connectivity index (χ2v) is 9.55. The molecular weight excluding hydrogens is 408 g/mol. The van der Waals surface area contributed by atoms with Crippen LogP contribution in [0.3, 0.4) is 0 Å². The quantitative estimate of drug-likeness (QED) is 0.477. The molecule has 4 aromatic rings. The van der Waals surface area contributed by atoms with Gasteiger partial charge in [0, 0.05) is 28.2 Å². The maximum absolute atomic E-state index is 10.8. The Bertz CT molecular complexity index is 1400. The van der Waals surface area contributed by atoms with Crippen LogP contribution in [0, 0.1) is 17.2 Å². The first-order chi connectivity index (χ1) is 16.0. The first-order valence-corrected chi connectivity index (χ1v) is 11.4. The molecule has 2 aromatic carbocycles. The Hall–Kier alpha value is -3.59. The van der Waals surface area contributed by atoms with Crippen molar-refractivity contribution in [3.05, 3.63) is 84.2 Å². The van der Waals surface area contributed by atoms with E-state index in [0.717, 1.165) is 51.7 Å². The lowest BCUT2D eigenvalue weighted by atomic mass is 9.60. The average molecular weight is 433 g/mol. The molecular formula is C28H24N4O. The van der Waals surface area contributed by atoms with E-state index >= 15 is 0 Å². The first kappa shape index (κ1) is 20.0. The van der Waals surface area contributed by atoms with Gasteiger partial charge in [0.05, 0.1) is 16.8 Å². The molecule has 2 heterocycles. The fourth-order valence-corrected chi connectivity index (χ4v) is 5.36. The minimum Gasteiger partial charge on any atom is -0.389 e. The maximum atomic E-state index is 10.8. The summed E-state index contributed by atoms with van der Waals surface area (Å²) in [7, 11) is 0. The Kier molecular flexibility index (Phi) is 4.38. The molecule has 2 saturated carbocycles. The Morgan fingerprint density at radius 2 is 1.70 bits per heavy atom. The molecule has 0 spiro atoms. The summed E-state index contributed by atoms with van der Waals surface area (Å²) in [5.41, 5.74) is 11.6. The number of aromatic nitrogens is 2. The Balaban J connectivity index is 1.43. The number of nitriles is 1. The normalized spacial score (nSPS) is 24.3. The number of nitrogens with zero attached hydrogens (tertiary/aromatic N) is 3. The average Bonchev–Trinajstić information content (AvgIpc) is 3.69. The summed E-state index contributed by atoms with van der Waals surface area (Å²) in [6, 6.07) is 24.4. The molecule has 2 aliphatic carbocycles. The Morgan fingerprint density at radius 3 is 2.36 bits per heavy atom. The van der Waals surface area contributed by atoms with E-state index in [1.54, 1.807) is 6.20 Å². The van der Waals surface area contributed by atoms with Crippen LogP contribution in [0.15, 0.2) is 72.9 Å². The van der Waals surface area contributed by atoms with E-state index < -0.39 is 11.1 Å². The lowest BCUT2D eigenvalue weighted by Crippen LogP contribution is -2.60. The molecule has 0 unspecified atom stereocenters. The molecule has 0 bridgehead atoms. The number of pyridine rings is 2. The van der Waals surface area contributed by atoms with Gasteiger partial charge < -0.3 is 10.8 Å². The van der Waals surface area contributed by atoms with Crippen LogP contribution in [0.25, 0.3) is 33.3 Å². The minimum absolute atomic E-state index is 0.372. The Morgan fingerprint density at radius 1 is 0.970 bits per heavy atom. The largest absolute Gasteiger partial charge is 0.389 e. The van der Waals surface area contributed by atoms with Crippen molar-refractivity contribution in [1.29, 1.82) is 5.26 Å². The molecule has 2 aliphatic rings. The van der Waals surface area contributed by atoms with Crippen LogP contribution < -0.4 is 5.73 Å². The molecule has 2 fully saturated rings. The SMILES string of the molecule is N#Cc1nccc2nc(-c3ccc([C@]4(N)C[C@@](O)(C5CC5)C4)cc3)c(-c3ccccc3)cc12. The number of rotatable bonds is 4. The fourth-order valence-electron chi connectivity index (χ4n) is 5.36. The summed E-state index contributed by atoms with van der Waals surface area (Å²) in [6.07, 6.45) is 5.10. The van der Waals surface area contributed by atoms with Crippen LogP contribution >= 0.6 is 0 Å². The van der Waals surface area contributed by atoms with Crippen molar-refractivity contribution in [2.75, 3.05) is 0 Å². The van der Waals surface area contributed by atoms with Gasteiger partial charge in [0.25, 0.3) is 0 Å². The van der Waals surface area contributed by atoms with Crippen LogP contribution in [0.1, 0.15) is 36.9 Å². The van der Waals surface area contributed by atoms with E-state index in [-0.39, 0.29) is 0 Å². The predicted octanol–water partition coefficient (Wildman–Crippen LogP) is 4.92. The number of aliphatic hydroxyl groups is 1. The number of fused-ring (bicyclic) bond motifs is 1.